The van der Waals surface area contributed by atoms with Gasteiger partial charge in [0, 0.05) is 34.5 Å². The third kappa shape index (κ3) is 3.06. The summed E-state index contributed by atoms with van der Waals surface area (Å²) in [6, 6.07) is 10.7. The number of nitrogens with one attached hydrogen (secondary N) is 1. The molecule has 4 rings (SSSR count). The Kier molecular flexibility index (Phi) is 3.86. The van der Waals surface area contributed by atoms with Crippen LogP contribution in [-0.4, -0.2) is 16.6 Å². The van der Waals surface area contributed by atoms with Crippen molar-refractivity contribution in [3.63, 3.8) is 0 Å². The average Bonchev–Trinajstić information content (AvgIpc) is 3.25. The van der Waals surface area contributed by atoms with E-state index in [2.05, 4.69) is 21.4 Å². The van der Waals surface area contributed by atoms with Crippen molar-refractivity contribution in [1.82, 2.24) is 4.98 Å². The van der Waals surface area contributed by atoms with Gasteiger partial charge < -0.3 is 9.73 Å². The van der Waals surface area contributed by atoms with Crippen LogP contribution >= 0.6 is 11.6 Å². The van der Waals surface area contributed by atoms with E-state index < -0.39 is 0 Å². The largest absolute Gasteiger partial charge is 0.459 e. The number of carbonyl (C=O) groups excluding carboxylic acids is 1. The highest BCUT2D eigenvalue weighted by Crippen LogP contribution is 2.31. The van der Waals surface area contributed by atoms with Gasteiger partial charge in [-0.1, -0.05) is 17.7 Å². The number of aliphatic imine (C=N–C) groups is 1. The summed E-state index contributed by atoms with van der Waals surface area (Å²) in [5, 5.41) is 3.39. The van der Waals surface area contributed by atoms with Crippen molar-refractivity contribution in [3.8, 4) is 0 Å². The van der Waals surface area contributed by atoms with Crippen LogP contribution in [0, 0.1) is 6.92 Å². The minimum atomic E-state index is -0.313. The number of amides is 1. The minimum absolute atomic E-state index is 0.252. The Hall–Kier alpha value is -2.92. The van der Waals surface area contributed by atoms with Crippen LogP contribution < -0.4 is 5.32 Å². The van der Waals surface area contributed by atoms with Gasteiger partial charge in [0.05, 0.1) is 12.0 Å². The number of aryl methyl sites for hydroxylation is 1. The number of fused-ring (bicyclic) bond motifs is 1. The van der Waals surface area contributed by atoms with Gasteiger partial charge in [-0.15, -0.1) is 0 Å². The zero-order chi connectivity index (χ0) is 17.4. The first kappa shape index (κ1) is 15.6. The monoisotopic (exact) mass is 351 g/mol. The Morgan fingerprint density at radius 2 is 2.16 bits per heavy atom. The van der Waals surface area contributed by atoms with Crippen LogP contribution in [0.25, 0.3) is 0 Å². The Morgan fingerprint density at radius 3 is 2.96 bits per heavy atom. The maximum atomic E-state index is 12.1. The van der Waals surface area contributed by atoms with Crippen molar-refractivity contribution in [1.29, 1.82) is 0 Å². The molecule has 0 fully saturated rings. The van der Waals surface area contributed by atoms with Crippen LogP contribution in [0.3, 0.4) is 0 Å². The summed E-state index contributed by atoms with van der Waals surface area (Å²) < 4.78 is 5.10. The van der Waals surface area contributed by atoms with E-state index in [9.17, 15) is 4.79 Å². The van der Waals surface area contributed by atoms with Gasteiger partial charge in [-0.3, -0.25) is 4.79 Å². The van der Waals surface area contributed by atoms with Crippen molar-refractivity contribution in [2.75, 3.05) is 5.32 Å². The number of hydrogen-bond donors (Lipinski definition) is 1. The van der Waals surface area contributed by atoms with E-state index in [-0.39, 0.29) is 11.7 Å². The van der Waals surface area contributed by atoms with Crippen LogP contribution in [-0.2, 0) is 6.42 Å². The van der Waals surface area contributed by atoms with Crippen LogP contribution in [0.4, 0.5) is 11.5 Å². The molecule has 0 radical (unpaired) electrons. The van der Waals surface area contributed by atoms with Crippen molar-refractivity contribution in [2.45, 2.75) is 13.3 Å². The van der Waals surface area contributed by atoms with Gasteiger partial charge >= 0.3 is 0 Å². The Balaban J connectivity index is 1.62. The van der Waals surface area contributed by atoms with Crippen molar-refractivity contribution in [3.05, 3.63) is 76.3 Å². The van der Waals surface area contributed by atoms with Crippen LogP contribution in [0.5, 0.6) is 0 Å². The van der Waals surface area contributed by atoms with E-state index in [1.165, 1.54) is 6.26 Å². The second kappa shape index (κ2) is 6.18. The number of nitrogens with zero attached hydrogens (tertiary/aromatic N) is 2. The molecular formula is C19H14ClN3O2. The molecular weight excluding hydrogens is 338 g/mol. The van der Waals surface area contributed by atoms with Crippen LogP contribution in [0.2, 0.25) is 5.02 Å². The van der Waals surface area contributed by atoms with Crippen LogP contribution in [0.1, 0.15) is 27.2 Å². The predicted molar refractivity (Wildman–Crippen MR) is 97.0 cm³/mol. The number of rotatable bonds is 3. The highest BCUT2D eigenvalue weighted by atomic mass is 35.5. The molecule has 6 heteroatoms. The molecule has 124 valence electrons. The first-order valence-corrected chi connectivity index (χ1v) is 8.16. The fourth-order valence-corrected chi connectivity index (χ4v) is 3.01. The van der Waals surface area contributed by atoms with Gasteiger partial charge in [0.25, 0.3) is 5.91 Å². The number of furan rings is 1. The first-order valence-electron chi connectivity index (χ1n) is 7.78. The summed E-state index contributed by atoms with van der Waals surface area (Å²) in [4.78, 5) is 21.1. The zero-order valence-corrected chi connectivity index (χ0v) is 14.2. The molecule has 2 aromatic heterocycles. The molecule has 25 heavy (non-hydrogen) atoms. The second-order valence-electron chi connectivity index (χ2n) is 5.86. The SMILES string of the molecule is Cc1cnc2c(c1)CC(c1cc(NC(=O)c3ccco3)ccc1Cl)=N2. The highest BCUT2D eigenvalue weighted by molar-refractivity contribution is 6.34. The third-order valence-corrected chi connectivity index (χ3v) is 4.29. The molecule has 3 heterocycles. The summed E-state index contributed by atoms with van der Waals surface area (Å²) in [5.74, 6) is 0.663. The summed E-state index contributed by atoms with van der Waals surface area (Å²) in [6.45, 7) is 2.00. The number of aromatic nitrogens is 1. The van der Waals surface area contributed by atoms with E-state index in [1.807, 2.05) is 13.0 Å². The molecule has 0 saturated carbocycles. The normalized spacial score (nSPS) is 12.6. The lowest BCUT2D eigenvalue weighted by Crippen LogP contribution is -2.11. The molecule has 1 amide bonds. The highest BCUT2D eigenvalue weighted by Gasteiger charge is 2.20. The molecule has 1 aromatic carbocycles. The zero-order valence-electron chi connectivity index (χ0n) is 13.4. The Labute approximate surface area is 149 Å². The first-order chi connectivity index (χ1) is 12.1. The second-order valence-corrected chi connectivity index (χ2v) is 6.26. The summed E-state index contributed by atoms with van der Waals surface area (Å²) in [5.41, 5.74) is 4.43. The predicted octanol–water partition coefficient (Wildman–Crippen LogP) is 4.57. The van der Waals surface area contributed by atoms with Gasteiger partial charge in [0.1, 0.15) is 0 Å². The lowest BCUT2D eigenvalue weighted by molar-refractivity contribution is 0.0996. The molecule has 5 nitrogen and oxygen atoms in total. The summed E-state index contributed by atoms with van der Waals surface area (Å²) >= 11 is 6.35. The molecule has 0 bridgehead atoms. The molecule has 0 spiro atoms. The number of anilines is 1. The molecule has 1 aliphatic rings. The number of carbonyl (C=O) groups is 1. The quantitative estimate of drug-likeness (QED) is 0.751. The maximum absolute atomic E-state index is 12.1. The van der Waals surface area contributed by atoms with Gasteiger partial charge in [0.2, 0.25) is 0 Å². The fraction of sp³-hybridized carbons (Fsp3) is 0.105. The lowest BCUT2D eigenvalue weighted by atomic mass is 10.0. The number of halogens is 1. The molecule has 1 N–H and O–H groups in total. The van der Waals surface area contributed by atoms with E-state index in [0.717, 1.165) is 28.2 Å². The molecule has 0 unspecified atom stereocenters. The van der Waals surface area contributed by atoms with Crippen molar-refractivity contribution in [2.24, 2.45) is 4.99 Å². The average molecular weight is 352 g/mol. The van der Waals surface area contributed by atoms with E-state index in [0.29, 0.717) is 17.1 Å². The summed E-state index contributed by atoms with van der Waals surface area (Å²) in [7, 11) is 0. The van der Waals surface area contributed by atoms with Crippen molar-refractivity contribution < 1.29 is 9.21 Å². The minimum Gasteiger partial charge on any atom is -0.459 e. The molecule has 0 aliphatic carbocycles. The standard InChI is InChI=1S/C19H14ClN3O2/c1-11-7-12-8-16(23-18(12)21-10-11)14-9-13(4-5-15(14)20)22-19(24)17-3-2-6-25-17/h2-7,9-10H,8H2,1H3,(H,22,24). The number of pyridine rings is 1. The molecule has 1 aliphatic heterocycles. The van der Waals surface area contributed by atoms with Gasteiger partial charge in [0.15, 0.2) is 11.6 Å². The Morgan fingerprint density at radius 1 is 1.28 bits per heavy atom. The third-order valence-electron chi connectivity index (χ3n) is 3.96. The van der Waals surface area contributed by atoms with Gasteiger partial charge in [-0.2, -0.15) is 0 Å². The molecule has 3 aromatic rings. The topological polar surface area (TPSA) is 67.5 Å². The van der Waals surface area contributed by atoms with Gasteiger partial charge in [-0.25, -0.2) is 9.98 Å². The van der Waals surface area contributed by atoms with Gasteiger partial charge in [-0.05, 0) is 42.8 Å². The molecule has 0 saturated heterocycles. The van der Waals surface area contributed by atoms with E-state index in [4.69, 9.17) is 16.0 Å². The lowest BCUT2D eigenvalue weighted by Gasteiger charge is -2.08. The maximum Gasteiger partial charge on any atom is 0.291 e. The number of benzene rings is 1. The van der Waals surface area contributed by atoms with Crippen molar-refractivity contribution >= 4 is 34.7 Å². The Bertz CT molecular complexity index is 994. The van der Waals surface area contributed by atoms with E-state index >= 15 is 0 Å². The fourth-order valence-electron chi connectivity index (χ4n) is 2.78. The smallest absolute Gasteiger partial charge is 0.291 e. The number of hydrogen-bond acceptors (Lipinski definition) is 4. The molecule has 0 atom stereocenters. The van der Waals surface area contributed by atoms with E-state index in [1.54, 1.807) is 30.5 Å². The summed E-state index contributed by atoms with van der Waals surface area (Å²) in [6.07, 6.45) is 3.92. The van der Waals surface area contributed by atoms with Crippen LogP contribution in [0.15, 0.2) is 58.3 Å².